The third-order valence-corrected chi connectivity index (χ3v) is 6.32. The number of nitrogens with zero attached hydrogens (tertiary/aromatic N) is 5. The summed E-state index contributed by atoms with van der Waals surface area (Å²) in [6.07, 6.45) is -2.70. The van der Waals surface area contributed by atoms with Crippen LogP contribution in [0, 0.1) is 5.92 Å². The summed E-state index contributed by atoms with van der Waals surface area (Å²) in [6.45, 7) is 4.12. The number of anilines is 1. The monoisotopic (exact) mass is 490 g/mol. The van der Waals surface area contributed by atoms with Crippen LogP contribution in [0.5, 0.6) is 11.5 Å². The molecule has 5 rings (SSSR count). The molecule has 1 N–H and O–H groups in total. The number of carbonyl (C=O) groups excluding carboxylic acids is 1. The number of carbonyl (C=O) groups is 1. The number of piperidine rings is 1. The van der Waals surface area contributed by atoms with E-state index in [1.165, 1.54) is 6.07 Å². The summed E-state index contributed by atoms with van der Waals surface area (Å²) in [5.74, 6) is 0.373. The van der Waals surface area contributed by atoms with Crippen molar-refractivity contribution in [2.45, 2.75) is 38.4 Å². The second-order valence-corrected chi connectivity index (χ2v) is 8.73. The smallest absolute Gasteiger partial charge is 0.453 e. The number of benzene rings is 1. The van der Waals surface area contributed by atoms with Gasteiger partial charge in [0.2, 0.25) is 5.91 Å². The SMILES string of the molecule is CC(NC(=O)C1CCN(c2ccc3nnc(C(F)(F)F)n3n2)CC1)c1ccc2c(c1)OCCCO2. The number of alkyl halides is 3. The molecule has 0 radical (unpaired) electrons. The summed E-state index contributed by atoms with van der Waals surface area (Å²) in [5.41, 5.74) is 0.950. The van der Waals surface area contributed by atoms with Gasteiger partial charge >= 0.3 is 6.18 Å². The number of hydrogen-bond acceptors (Lipinski definition) is 7. The van der Waals surface area contributed by atoms with Crippen LogP contribution in [-0.4, -0.2) is 52.0 Å². The maximum atomic E-state index is 13.2. The fraction of sp³-hybridized carbons (Fsp3) is 0.478. The number of rotatable bonds is 4. The van der Waals surface area contributed by atoms with Crippen LogP contribution in [-0.2, 0) is 11.0 Å². The van der Waals surface area contributed by atoms with E-state index in [0.717, 1.165) is 12.0 Å². The first kappa shape index (κ1) is 23.2. The number of halogens is 3. The lowest BCUT2D eigenvalue weighted by atomic mass is 9.95. The van der Waals surface area contributed by atoms with Crippen molar-refractivity contribution in [3.05, 3.63) is 41.7 Å². The van der Waals surface area contributed by atoms with Gasteiger partial charge in [0, 0.05) is 25.4 Å². The third kappa shape index (κ3) is 4.82. The van der Waals surface area contributed by atoms with E-state index in [-0.39, 0.29) is 23.5 Å². The van der Waals surface area contributed by atoms with E-state index in [1.54, 1.807) is 6.07 Å². The van der Waals surface area contributed by atoms with Crippen molar-refractivity contribution >= 4 is 17.4 Å². The fourth-order valence-electron chi connectivity index (χ4n) is 4.36. The molecule has 0 bridgehead atoms. The number of fused-ring (bicyclic) bond motifs is 2. The second-order valence-electron chi connectivity index (χ2n) is 8.73. The van der Waals surface area contributed by atoms with E-state index < -0.39 is 12.0 Å². The van der Waals surface area contributed by atoms with Crippen LogP contribution in [0.1, 0.15) is 43.6 Å². The number of ether oxygens (including phenoxy) is 2. The van der Waals surface area contributed by atoms with Gasteiger partial charge in [-0.3, -0.25) is 4.79 Å². The molecule has 2 aliphatic heterocycles. The van der Waals surface area contributed by atoms with Crippen molar-refractivity contribution in [1.82, 2.24) is 25.1 Å². The van der Waals surface area contributed by atoms with Crippen molar-refractivity contribution in [2.75, 3.05) is 31.2 Å². The largest absolute Gasteiger partial charge is 0.490 e. The Morgan fingerprint density at radius 1 is 1.09 bits per heavy atom. The maximum Gasteiger partial charge on any atom is 0.453 e. The fourth-order valence-corrected chi connectivity index (χ4v) is 4.36. The molecule has 0 saturated carbocycles. The van der Waals surface area contributed by atoms with Crippen LogP contribution >= 0.6 is 0 Å². The highest BCUT2D eigenvalue weighted by Gasteiger charge is 2.38. The number of hydrogen-bond donors (Lipinski definition) is 1. The molecular formula is C23H25F3N6O3. The Kier molecular flexibility index (Phi) is 6.12. The molecular weight excluding hydrogens is 465 g/mol. The van der Waals surface area contributed by atoms with Crippen molar-refractivity contribution < 1.29 is 27.4 Å². The minimum Gasteiger partial charge on any atom is -0.490 e. The van der Waals surface area contributed by atoms with Gasteiger partial charge < -0.3 is 19.7 Å². The molecule has 1 aromatic carbocycles. The molecule has 1 atom stereocenters. The predicted octanol–water partition coefficient (Wildman–Crippen LogP) is 3.40. The van der Waals surface area contributed by atoms with Gasteiger partial charge in [-0.2, -0.15) is 17.7 Å². The number of aromatic nitrogens is 4. The van der Waals surface area contributed by atoms with E-state index in [2.05, 4.69) is 20.6 Å². The molecule has 3 aromatic rings. The molecule has 1 saturated heterocycles. The van der Waals surface area contributed by atoms with E-state index in [9.17, 15) is 18.0 Å². The Balaban J connectivity index is 1.20. The maximum absolute atomic E-state index is 13.2. The Morgan fingerprint density at radius 2 is 1.83 bits per heavy atom. The molecule has 0 spiro atoms. The summed E-state index contributed by atoms with van der Waals surface area (Å²) in [6, 6.07) is 8.55. The number of nitrogens with one attached hydrogen (secondary N) is 1. The van der Waals surface area contributed by atoms with Crippen LogP contribution in [0.25, 0.3) is 5.65 Å². The van der Waals surface area contributed by atoms with Gasteiger partial charge in [0.15, 0.2) is 17.1 Å². The van der Waals surface area contributed by atoms with Crippen molar-refractivity contribution in [3.63, 3.8) is 0 Å². The molecule has 2 aliphatic rings. The van der Waals surface area contributed by atoms with Crippen molar-refractivity contribution in [2.24, 2.45) is 5.92 Å². The van der Waals surface area contributed by atoms with Crippen LogP contribution in [0.3, 0.4) is 0 Å². The average Bonchev–Trinajstić information content (AvgIpc) is 3.14. The van der Waals surface area contributed by atoms with E-state index >= 15 is 0 Å². The molecule has 12 heteroatoms. The molecule has 9 nitrogen and oxygen atoms in total. The zero-order chi connectivity index (χ0) is 24.6. The highest BCUT2D eigenvalue weighted by Crippen LogP contribution is 2.33. The average molecular weight is 490 g/mol. The summed E-state index contributed by atoms with van der Waals surface area (Å²) >= 11 is 0. The first-order chi connectivity index (χ1) is 16.8. The highest BCUT2D eigenvalue weighted by molar-refractivity contribution is 5.79. The summed E-state index contributed by atoms with van der Waals surface area (Å²) in [5, 5.41) is 13.9. The van der Waals surface area contributed by atoms with E-state index in [1.807, 2.05) is 30.0 Å². The second kappa shape index (κ2) is 9.23. The lowest BCUT2D eigenvalue weighted by Crippen LogP contribution is -2.41. The summed E-state index contributed by atoms with van der Waals surface area (Å²) in [4.78, 5) is 14.8. The topological polar surface area (TPSA) is 93.9 Å². The zero-order valence-corrected chi connectivity index (χ0v) is 19.1. The molecule has 186 valence electrons. The normalized spacial score (nSPS) is 17.8. The Bertz CT molecular complexity index is 1220. The Labute approximate surface area is 199 Å². The third-order valence-electron chi connectivity index (χ3n) is 6.32. The standard InChI is InChI=1S/C23H25F3N6O3/c1-14(16-3-4-17-18(13-16)35-12-2-11-34-17)27-21(33)15-7-9-31(10-8-15)20-6-5-19-28-29-22(23(24,25)26)32(19)30-20/h3-6,13-15H,2,7-12H2,1H3,(H,27,33). The van der Waals surface area contributed by atoms with E-state index in [0.29, 0.717) is 61.0 Å². The molecule has 1 amide bonds. The number of amides is 1. The quantitative estimate of drug-likeness (QED) is 0.599. The minimum atomic E-state index is -4.65. The predicted molar refractivity (Wildman–Crippen MR) is 119 cm³/mol. The summed E-state index contributed by atoms with van der Waals surface area (Å²) in [7, 11) is 0. The van der Waals surface area contributed by atoms with Crippen LogP contribution in [0.2, 0.25) is 0 Å². The van der Waals surface area contributed by atoms with Crippen LogP contribution in [0.4, 0.5) is 19.0 Å². The molecule has 2 aromatic heterocycles. The van der Waals surface area contributed by atoms with Gasteiger partial charge in [0.25, 0.3) is 5.82 Å². The van der Waals surface area contributed by atoms with Crippen LogP contribution < -0.4 is 19.7 Å². The first-order valence-corrected chi connectivity index (χ1v) is 11.5. The molecule has 35 heavy (non-hydrogen) atoms. The molecule has 1 unspecified atom stereocenters. The van der Waals surface area contributed by atoms with Gasteiger partial charge in [-0.1, -0.05) is 6.07 Å². The van der Waals surface area contributed by atoms with E-state index in [4.69, 9.17) is 9.47 Å². The molecule has 1 fully saturated rings. The Hall–Kier alpha value is -3.57. The zero-order valence-electron chi connectivity index (χ0n) is 19.1. The highest BCUT2D eigenvalue weighted by atomic mass is 19.4. The van der Waals surface area contributed by atoms with Crippen molar-refractivity contribution in [3.8, 4) is 11.5 Å². The van der Waals surface area contributed by atoms with Gasteiger partial charge in [-0.05, 0) is 49.6 Å². The minimum absolute atomic E-state index is 0.0269. The van der Waals surface area contributed by atoms with Gasteiger partial charge in [-0.25, -0.2) is 0 Å². The molecule has 4 heterocycles. The van der Waals surface area contributed by atoms with Crippen molar-refractivity contribution in [1.29, 1.82) is 0 Å². The Morgan fingerprint density at radius 3 is 2.57 bits per heavy atom. The lowest BCUT2D eigenvalue weighted by molar-refractivity contribution is -0.146. The first-order valence-electron chi connectivity index (χ1n) is 11.5. The van der Waals surface area contributed by atoms with Crippen LogP contribution in [0.15, 0.2) is 30.3 Å². The van der Waals surface area contributed by atoms with Gasteiger partial charge in [0.05, 0.1) is 19.3 Å². The molecule has 0 aliphatic carbocycles. The van der Waals surface area contributed by atoms with Gasteiger partial charge in [0.1, 0.15) is 5.82 Å². The lowest BCUT2D eigenvalue weighted by Gasteiger charge is -2.32. The van der Waals surface area contributed by atoms with Gasteiger partial charge in [-0.15, -0.1) is 15.3 Å². The summed E-state index contributed by atoms with van der Waals surface area (Å²) < 4.78 is 51.6.